The fourth-order valence-corrected chi connectivity index (χ4v) is 2.14. The number of alkyl halides is 2. The molecule has 0 amide bonds. The zero-order chi connectivity index (χ0) is 13.0. The molecule has 0 aromatic heterocycles. The van der Waals surface area contributed by atoms with Crippen molar-refractivity contribution in [1.82, 2.24) is 5.32 Å². The van der Waals surface area contributed by atoms with Gasteiger partial charge in [0.25, 0.3) is 5.92 Å². The lowest BCUT2D eigenvalue weighted by atomic mass is 10.00. The summed E-state index contributed by atoms with van der Waals surface area (Å²) in [6, 6.07) is 6.67. The van der Waals surface area contributed by atoms with Crippen molar-refractivity contribution in [2.24, 2.45) is 0 Å². The van der Waals surface area contributed by atoms with E-state index in [4.69, 9.17) is 4.74 Å². The average molecular weight is 255 g/mol. The van der Waals surface area contributed by atoms with Crippen molar-refractivity contribution in [3.8, 4) is 0 Å². The van der Waals surface area contributed by atoms with Crippen molar-refractivity contribution in [3.63, 3.8) is 0 Å². The van der Waals surface area contributed by atoms with Gasteiger partial charge in [0.15, 0.2) is 0 Å². The Morgan fingerprint density at radius 3 is 2.94 bits per heavy atom. The topological polar surface area (TPSA) is 21.3 Å². The first-order valence-electron chi connectivity index (χ1n) is 6.41. The van der Waals surface area contributed by atoms with Gasteiger partial charge in [-0.2, -0.15) is 0 Å². The zero-order valence-electron chi connectivity index (χ0n) is 10.6. The minimum atomic E-state index is -2.73. The second-order valence-electron chi connectivity index (χ2n) is 4.66. The molecule has 1 heterocycles. The molecule has 1 N–H and O–H groups in total. The van der Waals surface area contributed by atoms with Crippen LogP contribution in [-0.2, 0) is 17.1 Å². The normalized spacial score (nSPS) is 20.9. The molecule has 1 atom stereocenters. The summed E-state index contributed by atoms with van der Waals surface area (Å²) >= 11 is 0. The molecule has 1 fully saturated rings. The van der Waals surface area contributed by atoms with E-state index in [-0.39, 0.29) is 18.1 Å². The van der Waals surface area contributed by atoms with E-state index in [0.29, 0.717) is 13.0 Å². The van der Waals surface area contributed by atoms with E-state index in [0.717, 1.165) is 18.7 Å². The number of ether oxygens (including phenoxy) is 1. The highest BCUT2D eigenvalue weighted by molar-refractivity contribution is 5.27. The van der Waals surface area contributed by atoms with Gasteiger partial charge in [-0.05, 0) is 18.1 Å². The van der Waals surface area contributed by atoms with E-state index in [2.05, 4.69) is 5.32 Å². The summed E-state index contributed by atoms with van der Waals surface area (Å²) in [6.07, 6.45) is 0.600. The van der Waals surface area contributed by atoms with Crippen LogP contribution in [0.25, 0.3) is 0 Å². The predicted octanol–water partition coefficient (Wildman–Crippen LogP) is 2.72. The van der Waals surface area contributed by atoms with Crippen LogP contribution in [0, 0.1) is 0 Å². The van der Waals surface area contributed by atoms with Crippen molar-refractivity contribution in [3.05, 3.63) is 35.4 Å². The molecule has 1 aromatic rings. The Kier molecular flexibility index (Phi) is 4.30. The Morgan fingerprint density at radius 1 is 1.44 bits per heavy atom. The molecule has 1 unspecified atom stereocenters. The van der Waals surface area contributed by atoms with Gasteiger partial charge < -0.3 is 10.1 Å². The summed E-state index contributed by atoms with van der Waals surface area (Å²) in [7, 11) is 0. The second-order valence-corrected chi connectivity index (χ2v) is 4.66. The summed E-state index contributed by atoms with van der Waals surface area (Å²) in [5.41, 5.74) is 1.01. The third-order valence-corrected chi connectivity index (χ3v) is 3.26. The van der Waals surface area contributed by atoms with Crippen molar-refractivity contribution in [1.29, 1.82) is 0 Å². The monoisotopic (exact) mass is 255 g/mol. The molecule has 0 bridgehead atoms. The van der Waals surface area contributed by atoms with Crippen molar-refractivity contribution in [2.75, 3.05) is 19.7 Å². The van der Waals surface area contributed by atoms with E-state index < -0.39 is 5.92 Å². The van der Waals surface area contributed by atoms with Gasteiger partial charge in [0.2, 0.25) is 0 Å². The maximum Gasteiger partial charge on any atom is 0.273 e. The molecule has 0 aliphatic carbocycles. The molecule has 1 saturated heterocycles. The highest BCUT2D eigenvalue weighted by Crippen LogP contribution is 2.31. The van der Waals surface area contributed by atoms with Crippen LogP contribution in [0.5, 0.6) is 0 Å². The lowest BCUT2D eigenvalue weighted by Gasteiger charge is -2.24. The van der Waals surface area contributed by atoms with Gasteiger partial charge in [0.05, 0.1) is 12.7 Å². The molecule has 0 spiro atoms. The molecular weight excluding hydrogens is 236 g/mol. The summed E-state index contributed by atoms with van der Waals surface area (Å²) < 4.78 is 32.8. The molecular formula is C14H19F2NO. The van der Waals surface area contributed by atoms with Gasteiger partial charge in [-0.25, -0.2) is 8.78 Å². The van der Waals surface area contributed by atoms with E-state index in [1.54, 1.807) is 12.1 Å². The Morgan fingerprint density at radius 2 is 2.28 bits per heavy atom. The average Bonchev–Trinajstić information content (AvgIpc) is 2.40. The summed E-state index contributed by atoms with van der Waals surface area (Å²) in [5.74, 6) is -2.73. The molecule has 2 rings (SSSR count). The number of hydrogen-bond acceptors (Lipinski definition) is 2. The number of halogens is 2. The van der Waals surface area contributed by atoms with Gasteiger partial charge in [-0.15, -0.1) is 0 Å². The van der Waals surface area contributed by atoms with Crippen LogP contribution in [0.15, 0.2) is 24.3 Å². The molecule has 1 aliphatic heterocycles. The van der Waals surface area contributed by atoms with Crippen molar-refractivity contribution >= 4 is 0 Å². The first-order valence-corrected chi connectivity index (χ1v) is 6.41. The van der Waals surface area contributed by atoms with Crippen molar-refractivity contribution < 1.29 is 13.5 Å². The lowest BCUT2D eigenvalue weighted by molar-refractivity contribution is -0.00854. The Hall–Kier alpha value is -1.00. The number of benzene rings is 1. The summed E-state index contributed by atoms with van der Waals surface area (Å²) in [6.45, 7) is 3.84. The summed E-state index contributed by atoms with van der Waals surface area (Å²) in [4.78, 5) is 0. The first-order chi connectivity index (χ1) is 8.62. The van der Waals surface area contributed by atoms with Crippen LogP contribution in [0.4, 0.5) is 8.78 Å². The van der Waals surface area contributed by atoms with Crippen LogP contribution in [0.3, 0.4) is 0 Å². The van der Waals surface area contributed by atoms with Crippen LogP contribution in [0.1, 0.15) is 24.5 Å². The smallest absolute Gasteiger partial charge is 0.273 e. The highest BCUT2D eigenvalue weighted by Gasteiger charge is 2.29. The largest absolute Gasteiger partial charge is 0.375 e. The van der Waals surface area contributed by atoms with Crippen LogP contribution in [0.2, 0.25) is 0 Å². The number of rotatable bonds is 4. The van der Waals surface area contributed by atoms with E-state index in [9.17, 15) is 8.78 Å². The SMILES string of the molecule is CCC(F)(F)c1cccc(CC2CNCCO2)c1. The Balaban J connectivity index is 2.07. The maximum atomic E-state index is 13.6. The highest BCUT2D eigenvalue weighted by atomic mass is 19.3. The first kappa shape index (κ1) is 13.4. The zero-order valence-corrected chi connectivity index (χ0v) is 10.6. The van der Waals surface area contributed by atoms with E-state index >= 15 is 0 Å². The van der Waals surface area contributed by atoms with E-state index in [1.807, 2.05) is 6.07 Å². The van der Waals surface area contributed by atoms with Gasteiger partial charge >= 0.3 is 0 Å². The fourth-order valence-electron chi connectivity index (χ4n) is 2.14. The Labute approximate surface area is 106 Å². The molecule has 0 saturated carbocycles. The number of morpholine rings is 1. The summed E-state index contributed by atoms with van der Waals surface area (Å²) in [5, 5.41) is 3.24. The van der Waals surface area contributed by atoms with Gasteiger partial charge in [0, 0.05) is 25.1 Å². The molecule has 2 nitrogen and oxygen atoms in total. The fraction of sp³-hybridized carbons (Fsp3) is 0.571. The predicted molar refractivity (Wildman–Crippen MR) is 66.9 cm³/mol. The second kappa shape index (κ2) is 5.76. The third kappa shape index (κ3) is 3.27. The quantitative estimate of drug-likeness (QED) is 0.893. The third-order valence-electron chi connectivity index (χ3n) is 3.26. The standard InChI is InChI=1S/C14H19F2NO/c1-2-14(15,16)12-5-3-4-11(8-12)9-13-10-17-6-7-18-13/h3-5,8,13,17H,2,6-7,9-10H2,1H3. The molecule has 18 heavy (non-hydrogen) atoms. The number of hydrogen-bond donors (Lipinski definition) is 1. The van der Waals surface area contributed by atoms with Crippen LogP contribution in [-0.4, -0.2) is 25.8 Å². The Bertz CT molecular complexity index is 389. The van der Waals surface area contributed by atoms with Crippen LogP contribution < -0.4 is 5.32 Å². The van der Waals surface area contributed by atoms with Crippen LogP contribution >= 0.6 is 0 Å². The van der Waals surface area contributed by atoms with Gasteiger partial charge in [0.1, 0.15) is 0 Å². The molecule has 0 radical (unpaired) electrons. The number of nitrogens with one attached hydrogen (secondary N) is 1. The molecule has 1 aliphatic rings. The van der Waals surface area contributed by atoms with Crippen molar-refractivity contribution in [2.45, 2.75) is 31.8 Å². The molecule has 4 heteroatoms. The minimum Gasteiger partial charge on any atom is -0.375 e. The van der Waals surface area contributed by atoms with Gasteiger partial charge in [-0.1, -0.05) is 25.1 Å². The minimum absolute atomic E-state index is 0.0873. The molecule has 100 valence electrons. The van der Waals surface area contributed by atoms with Gasteiger partial charge in [-0.3, -0.25) is 0 Å². The lowest BCUT2D eigenvalue weighted by Crippen LogP contribution is -2.39. The van der Waals surface area contributed by atoms with E-state index in [1.165, 1.54) is 13.0 Å². The maximum absolute atomic E-state index is 13.6. The molecule has 1 aromatic carbocycles.